The van der Waals surface area contributed by atoms with Crippen LogP contribution in [0.1, 0.15) is 34.0 Å². The first-order chi connectivity index (χ1) is 18.5. The Hall–Kier alpha value is -3.70. The summed E-state index contributed by atoms with van der Waals surface area (Å²) in [5, 5.41) is 2.94. The zero-order chi connectivity index (χ0) is 27.9. The first-order valence-corrected chi connectivity index (χ1v) is 13.0. The van der Waals surface area contributed by atoms with Crippen LogP contribution in [0.5, 0.6) is 0 Å². The molecule has 1 fully saturated rings. The molecule has 1 saturated heterocycles. The second kappa shape index (κ2) is 10.5. The number of anilines is 5. The largest absolute Gasteiger partial charge is 0.416 e. The summed E-state index contributed by atoms with van der Waals surface area (Å²) in [6.07, 6.45) is -3.00. The van der Waals surface area contributed by atoms with Crippen LogP contribution >= 0.6 is 0 Å². The fourth-order valence-electron chi connectivity index (χ4n) is 5.10. The molecule has 2 aliphatic rings. The van der Waals surface area contributed by atoms with E-state index < -0.39 is 11.7 Å². The Morgan fingerprint density at radius 2 is 1.67 bits per heavy atom. The number of likely N-dealkylation sites (N-methyl/N-ethyl adjacent to an activating group) is 1. The van der Waals surface area contributed by atoms with E-state index >= 15 is 0 Å². The third-order valence-corrected chi connectivity index (χ3v) is 7.46. The van der Waals surface area contributed by atoms with Gasteiger partial charge >= 0.3 is 6.18 Å². The maximum Gasteiger partial charge on any atom is 0.416 e. The minimum atomic E-state index is -4.50. The molecule has 1 aromatic heterocycles. The van der Waals surface area contributed by atoms with Crippen LogP contribution in [0.4, 0.5) is 42.0 Å². The van der Waals surface area contributed by atoms with Crippen LogP contribution in [0, 0.1) is 6.92 Å². The number of rotatable bonds is 5. The molecule has 5 rings (SSSR count). The van der Waals surface area contributed by atoms with Gasteiger partial charge in [-0.3, -0.25) is 9.69 Å². The quantitative estimate of drug-likeness (QED) is 0.487. The number of nitrogens with zero attached hydrogens (tertiary/aromatic N) is 6. The van der Waals surface area contributed by atoms with Gasteiger partial charge in [-0.25, -0.2) is 4.98 Å². The maximum absolute atomic E-state index is 14.1. The summed E-state index contributed by atoms with van der Waals surface area (Å²) in [5.74, 6) is 0.405. The third-order valence-electron chi connectivity index (χ3n) is 7.46. The predicted octanol–water partition coefficient (Wildman–Crippen LogP) is 5.04. The number of aromatic nitrogens is 2. The lowest BCUT2D eigenvalue weighted by Gasteiger charge is -2.34. The highest BCUT2D eigenvalue weighted by Gasteiger charge is 2.34. The van der Waals surface area contributed by atoms with Gasteiger partial charge in [0.1, 0.15) is 5.69 Å². The average molecular weight is 540 g/mol. The Labute approximate surface area is 226 Å². The summed E-state index contributed by atoms with van der Waals surface area (Å²) in [7, 11) is 3.45. The highest BCUT2D eigenvalue weighted by Crippen LogP contribution is 2.39. The van der Waals surface area contributed by atoms with Crippen LogP contribution in [-0.2, 0) is 12.7 Å². The summed E-state index contributed by atoms with van der Waals surface area (Å²) in [4.78, 5) is 29.6. The van der Waals surface area contributed by atoms with Gasteiger partial charge < -0.3 is 20.0 Å². The Kier molecular flexibility index (Phi) is 7.21. The minimum Gasteiger partial charge on any atom is -0.327 e. The number of nitrogens with one attached hydrogen (secondary N) is 1. The van der Waals surface area contributed by atoms with Gasteiger partial charge in [-0.15, -0.1) is 0 Å². The van der Waals surface area contributed by atoms with E-state index in [1.54, 1.807) is 31.1 Å². The van der Waals surface area contributed by atoms with Crippen molar-refractivity contribution in [3.05, 3.63) is 64.8 Å². The molecule has 0 radical (unpaired) electrons. The van der Waals surface area contributed by atoms with Crippen molar-refractivity contribution in [3.63, 3.8) is 0 Å². The summed E-state index contributed by atoms with van der Waals surface area (Å²) in [5.41, 5.74) is 2.51. The Balaban J connectivity index is 1.43. The topological polar surface area (TPSA) is 67.8 Å². The van der Waals surface area contributed by atoms with Gasteiger partial charge in [0.25, 0.3) is 5.91 Å². The lowest BCUT2D eigenvalue weighted by Crippen LogP contribution is -2.45. The molecule has 8 nitrogen and oxygen atoms in total. The van der Waals surface area contributed by atoms with Gasteiger partial charge in [0.15, 0.2) is 5.82 Å². The van der Waals surface area contributed by atoms with Crippen molar-refractivity contribution in [2.75, 3.05) is 61.9 Å². The molecule has 39 heavy (non-hydrogen) atoms. The number of hydrogen-bond acceptors (Lipinski definition) is 7. The highest BCUT2D eigenvalue weighted by atomic mass is 19.4. The molecule has 0 unspecified atom stereocenters. The molecule has 1 N–H and O–H groups in total. The lowest BCUT2D eigenvalue weighted by molar-refractivity contribution is -0.138. The van der Waals surface area contributed by atoms with Crippen LogP contribution in [0.3, 0.4) is 0 Å². The number of alkyl halides is 3. The zero-order valence-corrected chi connectivity index (χ0v) is 22.5. The Bertz CT molecular complexity index is 1390. The van der Waals surface area contributed by atoms with Crippen molar-refractivity contribution in [3.8, 4) is 0 Å². The molecule has 1 amide bonds. The van der Waals surface area contributed by atoms with E-state index in [2.05, 4.69) is 32.0 Å². The summed E-state index contributed by atoms with van der Waals surface area (Å²) in [6, 6.07) is 9.83. The van der Waals surface area contributed by atoms with Crippen molar-refractivity contribution in [2.24, 2.45) is 0 Å². The number of aryl methyl sites for hydroxylation is 1. The molecular formula is C28H32F3N7O. The van der Waals surface area contributed by atoms with Crippen molar-refractivity contribution in [1.82, 2.24) is 19.8 Å². The van der Waals surface area contributed by atoms with Crippen LogP contribution in [0.2, 0.25) is 0 Å². The van der Waals surface area contributed by atoms with E-state index in [0.717, 1.165) is 44.4 Å². The van der Waals surface area contributed by atoms with Crippen molar-refractivity contribution < 1.29 is 18.0 Å². The smallest absolute Gasteiger partial charge is 0.327 e. The second-order valence-electron chi connectivity index (χ2n) is 10.1. The maximum atomic E-state index is 14.1. The molecule has 2 aromatic carbocycles. The van der Waals surface area contributed by atoms with E-state index in [-0.39, 0.29) is 29.7 Å². The number of amides is 1. The summed E-state index contributed by atoms with van der Waals surface area (Å²) >= 11 is 0. The molecule has 0 spiro atoms. The number of carbonyl (C=O) groups is 1. The van der Waals surface area contributed by atoms with E-state index in [9.17, 15) is 18.0 Å². The molecule has 11 heteroatoms. The van der Waals surface area contributed by atoms with Gasteiger partial charge in [0.2, 0.25) is 5.95 Å². The van der Waals surface area contributed by atoms with Crippen LogP contribution in [0.25, 0.3) is 0 Å². The average Bonchev–Trinajstić information content (AvgIpc) is 2.99. The lowest BCUT2D eigenvalue weighted by atomic mass is 10.0. The van der Waals surface area contributed by atoms with Crippen LogP contribution < -0.4 is 15.1 Å². The van der Waals surface area contributed by atoms with E-state index in [0.29, 0.717) is 22.8 Å². The molecule has 3 heterocycles. The van der Waals surface area contributed by atoms with Gasteiger partial charge in [-0.2, -0.15) is 18.2 Å². The Morgan fingerprint density at radius 3 is 2.36 bits per heavy atom. The SMILES string of the molecule is CCN1CCN(Cc2ccc(Nc3ncc4c(n3)N(C)c3cc(C)ccc3C(=O)N4C)cc2C(F)(F)F)CC1. The summed E-state index contributed by atoms with van der Waals surface area (Å²) < 4.78 is 42.2. The summed E-state index contributed by atoms with van der Waals surface area (Å²) in [6.45, 7) is 8.40. The van der Waals surface area contributed by atoms with E-state index in [1.807, 2.05) is 19.1 Å². The van der Waals surface area contributed by atoms with Crippen molar-refractivity contribution >= 4 is 34.7 Å². The Morgan fingerprint density at radius 1 is 0.949 bits per heavy atom. The third kappa shape index (κ3) is 5.41. The molecule has 0 atom stereocenters. The van der Waals surface area contributed by atoms with E-state index in [1.165, 1.54) is 17.2 Å². The minimum absolute atomic E-state index is 0.133. The second-order valence-corrected chi connectivity index (χ2v) is 10.1. The zero-order valence-electron chi connectivity index (χ0n) is 22.5. The number of benzene rings is 2. The number of hydrogen-bond donors (Lipinski definition) is 1. The molecule has 2 aliphatic heterocycles. The monoisotopic (exact) mass is 539 g/mol. The molecule has 0 bridgehead atoms. The number of fused-ring (bicyclic) bond motifs is 2. The molecular weight excluding hydrogens is 507 g/mol. The number of halogens is 3. The van der Waals surface area contributed by atoms with Gasteiger partial charge in [-0.1, -0.05) is 19.1 Å². The standard InChI is InChI=1S/C28H32F3N7O/c1-5-37-10-12-38(13-11-37)17-19-7-8-20(15-22(19)28(29,30)31)33-27-32-16-24-25(34-27)35(3)23-14-18(2)6-9-21(23)26(39)36(24)4/h6-9,14-16H,5,10-13,17H2,1-4H3,(H,32,33,34). The number of carbonyl (C=O) groups excluding carboxylic acids is 1. The first-order valence-electron chi connectivity index (χ1n) is 13.0. The predicted molar refractivity (Wildman–Crippen MR) is 146 cm³/mol. The van der Waals surface area contributed by atoms with Crippen molar-refractivity contribution in [1.29, 1.82) is 0 Å². The van der Waals surface area contributed by atoms with E-state index in [4.69, 9.17) is 0 Å². The normalized spacial score (nSPS) is 16.6. The number of piperazine rings is 1. The molecule has 3 aromatic rings. The fourth-order valence-corrected chi connectivity index (χ4v) is 5.10. The van der Waals surface area contributed by atoms with Gasteiger partial charge in [0.05, 0.1) is 23.0 Å². The fraction of sp³-hybridized carbons (Fsp3) is 0.393. The van der Waals surface area contributed by atoms with Gasteiger partial charge in [0, 0.05) is 52.5 Å². The van der Waals surface area contributed by atoms with Crippen LogP contribution in [-0.4, -0.2) is 72.5 Å². The first kappa shape index (κ1) is 26.9. The molecule has 0 aliphatic carbocycles. The molecule has 0 saturated carbocycles. The van der Waals surface area contributed by atoms with Crippen molar-refractivity contribution in [2.45, 2.75) is 26.6 Å². The van der Waals surface area contributed by atoms with Gasteiger partial charge in [-0.05, 0) is 48.9 Å². The molecule has 206 valence electrons. The highest BCUT2D eigenvalue weighted by molar-refractivity contribution is 6.13. The van der Waals surface area contributed by atoms with Crippen LogP contribution in [0.15, 0.2) is 42.6 Å².